The predicted molar refractivity (Wildman–Crippen MR) is 103 cm³/mol. The van der Waals surface area contributed by atoms with Crippen LogP contribution in [0.5, 0.6) is 5.75 Å². The lowest BCUT2D eigenvalue weighted by Crippen LogP contribution is -2.11. The number of halogens is 2. The van der Waals surface area contributed by atoms with Gasteiger partial charge in [0.1, 0.15) is 17.4 Å². The summed E-state index contributed by atoms with van der Waals surface area (Å²) in [4.78, 5) is 4.61. The van der Waals surface area contributed by atoms with Gasteiger partial charge in [-0.3, -0.25) is 0 Å². The van der Waals surface area contributed by atoms with Gasteiger partial charge in [-0.2, -0.15) is 0 Å². The Kier molecular flexibility index (Phi) is 5.04. The van der Waals surface area contributed by atoms with E-state index in [-0.39, 0.29) is 17.6 Å². The monoisotopic (exact) mass is 400 g/mol. The second kappa shape index (κ2) is 7.23. The Morgan fingerprint density at radius 3 is 2.56 bits per heavy atom. The van der Waals surface area contributed by atoms with Crippen LogP contribution in [0.25, 0.3) is 22.4 Å². The Hall–Kier alpha value is -2.40. The lowest BCUT2D eigenvalue weighted by Gasteiger charge is -2.14. The van der Waals surface area contributed by atoms with Crippen molar-refractivity contribution >= 4 is 21.7 Å². The molecule has 0 radical (unpaired) electrons. The van der Waals surface area contributed by atoms with E-state index in [4.69, 9.17) is 0 Å². The van der Waals surface area contributed by atoms with E-state index in [1.807, 2.05) is 38.1 Å². The fraction of sp³-hybridized carbons (Fsp3) is 0.150. The number of aromatic nitrogens is 1. The molecule has 2 N–H and O–H groups in total. The van der Waals surface area contributed by atoms with E-state index in [1.54, 1.807) is 18.2 Å². The Labute approximate surface area is 154 Å². The van der Waals surface area contributed by atoms with Crippen LogP contribution in [0, 0.1) is 5.82 Å². The van der Waals surface area contributed by atoms with Crippen LogP contribution in [-0.4, -0.2) is 16.1 Å². The minimum absolute atomic E-state index is 0.141. The van der Waals surface area contributed by atoms with Gasteiger partial charge in [-0.25, -0.2) is 9.37 Å². The Morgan fingerprint density at radius 1 is 1.04 bits per heavy atom. The molecule has 2 aromatic carbocycles. The van der Waals surface area contributed by atoms with Gasteiger partial charge in [0.25, 0.3) is 0 Å². The number of nitrogens with one attached hydrogen (secondary N) is 1. The molecule has 1 heterocycles. The van der Waals surface area contributed by atoms with Gasteiger partial charge in [-0.15, -0.1) is 0 Å². The van der Waals surface area contributed by atoms with Crippen molar-refractivity contribution in [3.63, 3.8) is 0 Å². The Balaban J connectivity index is 2.18. The highest BCUT2D eigenvalue weighted by Gasteiger charge is 2.12. The van der Waals surface area contributed by atoms with Crippen LogP contribution >= 0.6 is 15.9 Å². The molecule has 3 rings (SSSR count). The SMILES string of the molecule is CC(C)Nc1cc(-c2cccc(F)c2)cc(-c2cc(Br)ccc2O)n1. The van der Waals surface area contributed by atoms with Crippen LogP contribution in [0.2, 0.25) is 0 Å². The summed E-state index contributed by atoms with van der Waals surface area (Å²) in [6, 6.07) is 15.5. The molecule has 0 bridgehead atoms. The first-order chi connectivity index (χ1) is 11.9. The number of phenolic OH excluding ortho intramolecular Hbond substituents is 1. The summed E-state index contributed by atoms with van der Waals surface area (Å²) in [6.07, 6.45) is 0. The van der Waals surface area contributed by atoms with E-state index < -0.39 is 0 Å². The molecule has 128 valence electrons. The Morgan fingerprint density at radius 2 is 1.84 bits per heavy atom. The van der Waals surface area contributed by atoms with Gasteiger partial charge >= 0.3 is 0 Å². The lowest BCUT2D eigenvalue weighted by atomic mass is 10.0. The van der Waals surface area contributed by atoms with Crippen molar-refractivity contribution in [1.29, 1.82) is 0 Å². The number of benzene rings is 2. The van der Waals surface area contributed by atoms with E-state index in [2.05, 4.69) is 26.2 Å². The molecule has 25 heavy (non-hydrogen) atoms. The fourth-order valence-corrected chi connectivity index (χ4v) is 2.95. The second-order valence-electron chi connectivity index (χ2n) is 6.10. The minimum atomic E-state index is -0.292. The van der Waals surface area contributed by atoms with E-state index in [9.17, 15) is 9.50 Å². The molecule has 0 atom stereocenters. The molecule has 5 heteroatoms. The molecule has 0 unspecified atom stereocenters. The number of phenols is 1. The first-order valence-corrected chi connectivity index (χ1v) is 8.75. The van der Waals surface area contributed by atoms with Crippen LogP contribution < -0.4 is 5.32 Å². The largest absolute Gasteiger partial charge is 0.507 e. The molecule has 0 fully saturated rings. The highest BCUT2D eigenvalue weighted by atomic mass is 79.9. The van der Waals surface area contributed by atoms with Gasteiger partial charge in [0, 0.05) is 16.1 Å². The van der Waals surface area contributed by atoms with Gasteiger partial charge in [-0.05, 0) is 67.4 Å². The van der Waals surface area contributed by atoms with E-state index in [0.717, 1.165) is 15.6 Å². The average molecular weight is 401 g/mol. The van der Waals surface area contributed by atoms with Crippen LogP contribution in [0.4, 0.5) is 10.2 Å². The first-order valence-electron chi connectivity index (χ1n) is 7.96. The number of aromatic hydroxyl groups is 1. The highest BCUT2D eigenvalue weighted by Crippen LogP contribution is 2.34. The first kappa shape index (κ1) is 17.4. The number of anilines is 1. The minimum Gasteiger partial charge on any atom is -0.507 e. The normalized spacial score (nSPS) is 10.9. The molecule has 3 aromatic rings. The molecular weight excluding hydrogens is 383 g/mol. The van der Waals surface area contributed by atoms with Gasteiger partial charge in [0.05, 0.1) is 5.69 Å². The van der Waals surface area contributed by atoms with Gasteiger partial charge in [-0.1, -0.05) is 28.1 Å². The number of nitrogens with zero attached hydrogens (tertiary/aromatic N) is 1. The van der Waals surface area contributed by atoms with Crippen molar-refractivity contribution in [3.05, 3.63) is 64.9 Å². The van der Waals surface area contributed by atoms with Crippen molar-refractivity contribution in [2.24, 2.45) is 0 Å². The van der Waals surface area contributed by atoms with E-state index in [0.29, 0.717) is 17.1 Å². The second-order valence-corrected chi connectivity index (χ2v) is 7.01. The molecule has 0 amide bonds. The highest BCUT2D eigenvalue weighted by molar-refractivity contribution is 9.10. The van der Waals surface area contributed by atoms with Crippen LogP contribution in [-0.2, 0) is 0 Å². The fourth-order valence-electron chi connectivity index (χ4n) is 2.59. The number of hydrogen-bond donors (Lipinski definition) is 2. The summed E-state index contributed by atoms with van der Waals surface area (Å²) in [5, 5.41) is 13.5. The number of pyridine rings is 1. The molecule has 0 aliphatic carbocycles. The molecule has 0 saturated carbocycles. The zero-order valence-electron chi connectivity index (χ0n) is 13.9. The summed E-state index contributed by atoms with van der Waals surface area (Å²) in [6.45, 7) is 4.04. The third-order valence-electron chi connectivity index (χ3n) is 3.65. The van der Waals surface area contributed by atoms with E-state index in [1.165, 1.54) is 12.1 Å². The lowest BCUT2D eigenvalue weighted by molar-refractivity contribution is 0.477. The molecule has 0 spiro atoms. The summed E-state index contributed by atoms with van der Waals surface area (Å²) in [5.74, 6) is 0.522. The maximum atomic E-state index is 13.6. The quantitative estimate of drug-likeness (QED) is 0.577. The van der Waals surface area contributed by atoms with E-state index >= 15 is 0 Å². The zero-order chi connectivity index (χ0) is 18.0. The summed E-state index contributed by atoms with van der Waals surface area (Å²) >= 11 is 3.42. The molecular formula is C20H18BrFN2O. The van der Waals surface area contributed by atoms with Crippen molar-refractivity contribution < 1.29 is 9.50 Å². The maximum Gasteiger partial charge on any atom is 0.127 e. The molecule has 1 aromatic heterocycles. The topological polar surface area (TPSA) is 45.1 Å². The Bertz CT molecular complexity index is 912. The van der Waals surface area contributed by atoms with Crippen molar-refractivity contribution in [2.45, 2.75) is 19.9 Å². The van der Waals surface area contributed by atoms with Crippen LogP contribution in [0.3, 0.4) is 0 Å². The van der Waals surface area contributed by atoms with Crippen molar-refractivity contribution in [1.82, 2.24) is 4.98 Å². The third-order valence-corrected chi connectivity index (χ3v) is 4.15. The van der Waals surface area contributed by atoms with Crippen molar-refractivity contribution in [2.75, 3.05) is 5.32 Å². The standard InChI is InChI=1S/C20H18BrFN2O/c1-12(2)23-20-10-14(13-4-3-5-16(22)8-13)9-18(24-20)17-11-15(21)6-7-19(17)25/h3-12,25H,1-2H3,(H,23,24). The van der Waals surface area contributed by atoms with Crippen molar-refractivity contribution in [3.8, 4) is 28.1 Å². The maximum absolute atomic E-state index is 13.6. The van der Waals surface area contributed by atoms with Gasteiger partial charge in [0.2, 0.25) is 0 Å². The summed E-state index contributed by atoms with van der Waals surface area (Å²) in [5.41, 5.74) is 2.81. The molecule has 3 nitrogen and oxygen atoms in total. The number of rotatable bonds is 4. The number of hydrogen-bond acceptors (Lipinski definition) is 3. The van der Waals surface area contributed by atoms with Crippen LogP contribution in [0.1, 0.15) is 13.8 Å². The average Bonchev–Trinajstić information content (AvgIpc) is 2.56. The summed E-state index contributed by atoms with van der Waals surface area (Å²) in [7, 11) is 0. The van der Waals surface area contributed by atoms with Gasteiger partial charge in [0.15, 0.2) is 0 Å². The molecule has 0 saturated heterocycles. The van der Waals surface area contributed by atoms with Gasteiger partial charge < -0.3 is 10.4 Å². The third kappa shape index (κ3) is 4.17. The smallest absolute Gasteiger partial charge is 0.127 e. The van der Waals surface area contributed by atoms with Crippen LogP contribution in [0.15, 0.2) is 59.1 Å². The molecule has 0 aliphatic heterocycles. The zero-order valence-corrected chi connectivity index (χ0v) is 15.5. The molecule has 0 aliphatic rings. The predicted octanol–water partition coefficient (Wildman–Crippen LogP) is 5.84. The summed E-state index contributed by atoms with van der Waals surface area (Å²) < 4.78 is 14.5.